The molecule has 0 aromatic rings. The summed E-state index contributed by atoms with van der Waals surface area (Å²) in [5, 5.41) is 2.29. The number of carbonyl (C=O) groups is 2. The van der Waals surface area contributed by atoms with Gasteiger partial charge in [-0.2, -0.15) is 13.2 Å². The number of ether oxygens (including phenoxy) is 2. The van der Waals surface area contributed by atoms with Gasteiger partial charge in [-0.25, -0.2) is 9.59 Å². The minimum atomic E-state index is -4.60. The minimum absolute atomic E-state index is 0.0972. The summed E-state index contributed by atoms with van der Waals surface area (Å²) in [5.74, 6) is -1.09. The molecule has 19 heavy (non-hydrogen) atoms. The van der Waals surface area contributed by atoms with Gasteiger partial charge in [0, 0.05) is 5.41 Å². The quantitative estimate of drug-likeness (QED) is 0.802. The van der Waals surface area contributed by atoms with Crippen molar-refractivity contribution in [1.29, 1.82) is 0 Å². The number of nitrogens with one attached hydrogen (secondary N) is 1. The van der Waals surface area contributed by atoms with Crippen molar-refractivity contribution in [2.45, 2.75) is 38.9 Å². The van der Waals surface area contributed by atoms with Crippen LogP contribution < -0.4 is 5.32 Å². The molecule has 1 saturated carbocycles. The van der Waals surface area contributed by atoms with E-state index in [1.165, 1.54) is 0 Å². The van der Waals surface area contributed by atoms with Gasteiger partial charge in [0.15, 0.2) is 6.61 Å². The Balaban J connectivity index is 2.68. The molecule has 8 heteroatoms. The van der Waals surface area contributed by atoms with Crippen molar-refractivity contribution in [3.63, 3.8) is 0 Å². The summed E-state index contributed by atoms with van der Waals surface area (Å²) in [5.41, 5.74) is -2.10. The molecule has 1 amide bonds. The molecule has 1 aliphatic rings. The minimum Gasteiger partial charge on any atom is -0.454 e. The highest BCUT2D eigenvalue weighted by atomic mass is 19.4. The summed E-state index contributed by atoms with van der Waals surface area (Å²) >= 11 is 0. The van der Waals surface area contributed by atoms with Crippen LogP contribution in [0.4, 0.5) is 18.0 Å². The molecule has 1 atom stereocenters. The molecule has 0 unspecified atom stereocenters. The lowest BCUT2D eigenvalue weighted by molar-refractivity contribution is -0.189. The van der Waals surface area contributed by atoms with Crippen LogP contribution >= 0.6 is 0 Å². The number of hydrogen-bond acceptors (Lipinski definition) is 4. The van der Waals surface area contributed by atoms with Crippen molar-refractivity contribution in [2.24, 2.45) is 5.41 Å². The maximum Gasteiger partial charge on any atom is 0.422 e. The van der Waals surface area contributed by atoms with Crippen molar-refractivity contribution in [1.82, 2.24) is 5.32 Å². The second-order valence-electron chi connectivity index (χ2n) is 5.00. The number of esters is 1. The molecule has 0 aliphatic heterocycles. The molecular formula is C11H16F3NO4. The molecule has 0 aromatic heterocycles. The Bertz CT molecular complexity index is 381. The summed E-state index contributed by atoms with van der Waals surface area (Å²) < 4.78 is 44.9. The van der Waals surface area contributed by atoms with E-state index in [1.807, 2.05) is 0 Å². The van der Waals surface area contributed by atoms with Gasteiger partial charge in [0.2, 0.25) is 0 Å². The van der Waals surface area contributed by atoms with E-state index in [-0.39, 0.29) is 13.0 Å². The molecule has 1 fully saturated rings. The molecule has 0 spiro atoms. The molecule has 1 N–H and O–H groups in total. The van der Waals surface area contributed by atoms with Crippen molar-refractivity contribution in [2.75, 3.05) is 13.2 Å². The van der Waals surface area contributed by atoms with Crippen LogP contribution in [0.3, 0.4) is 0 Å². The lowest BCUT2D eigenvalue weighted by atomic mass is 10.1. The summed E-state index contributed by atoms with van der Waals surface area (Å²) in [6.07, 6.45) is -5.24. The third kappa shape index (κ3) is 3.51. The third-order valence-corrected chi connectivity index (χ3v) is 3.04. The van der Waals surface area contributed by atoms with Crippen LogP contribution in [-0.4, -0.2) is 37.0 Å². The normalized spacial score (nSPS) is 24.5. The van der Waals surface area contributed by atoms with Crippen LogP contribution in [0.1, 0.15) is 27.2 Å². The largest absolute Gasteiger partial charge is 0.454 e. The fourth-order valence-corrected chi connectivity index (χ4v) is 1.84. The smallest absolute Gasteiger partial charge is 0.422 e. The zero-order chi connectivity index (χ0) is 14.9. The zero-order valence-electron chi connectivity index (χ0n) is 10.9. The Morgan fingerprint density at radius 2 is 1.79 bits per heavy atom. The van der Waals surface area contributed by atoms with Gasteiger partial charge < -0.3 is 14.8 Å². The average Bonchev–Trinajstić information content (AvgIpc) is 2.77. The van der Waals surface area contributed by atoms with E-state index in [0.717, 1.165) is 0 Å². The Hall–Kier alpha value is -1.47. The number of amides is 1. The first-order chi connectivity index (χ1) is 8.54. The van der Waals surface area contributed by atoms with E-state index in [0.29, 0.717) is 0 Å². The molecular weight excluding hydrogens is 267 g/mol. The molecule has 5 nitrogen and oxygen atoms in total. The first-order valence-corrected chi connectivity index (χ1v) is 5.73. The Labute approximate surface area is 108 Å². The highest BCUT2D eigenvalue weighted by Gasteiger charge is 2.69. The number of alkyl carbamates (subject to hydrolysis) is 1. The van der Waals surface area contributed by atoms with Gasteiger partial charge >= 0.3 is 18.2 Å². The highest BCUT2D eigenvalue weighted by Crippen LogP contribution is 2.56. The van der Waals surface area contributed by atoms with Gasteiger partial charge in [-0.1, -0.05) is 13.8 Å². The Morgan fingerprint density at radius 1 is 1.26 bits per heavy atom. The number of alkyl halides is 3. The molecule has 0 radical (unpaired) electrons. The number of hydrogen-bond donors (Lipinski definition) is 1. The molecule has 0 heterocycles. The van der Waals surface area contributed by atoms with Crippen LogP contribution in [0.2, 0.25) is 0 Å². The van der Waals surface area contributed by atoms with Gasteiger partial charge in [0.05, 0.1) is 6.61 Å². The Kier molecular flexibility index (Phi) is 4.02. The average molecular weight is 283 g/mol. The first kappa shape index (κ1) is 15.6. The van der Waals surface area contributed by atoms with Crippen LogP contribution in [0.25, 0.3) is 0 Å². The fourth-order valence-electron chi connectivity index (χ4n) is 1.84. The number of rotatable bonds is 4. The summed E-state index contributed by atoms with van der Waals surface area (Å²) in [6, 6.07) is 0. The van der Waals surface area contributed by atoms with E-state index < -0.39 is 35.8 Å². The van der Waals surface area contributed by atoms with Crippen LogP contribution in [0, 0.1) is 5.41 Å². The maximum atomic E-state index is 12.0. The van der Waals surface area contributed by atoms with Gasteiger partial charge in [-0.05, 0) is 13.3 Å². The molecule has 0 bridgehead atoms. The third-order valence-electron chi connectivity index (χ3n) is 3.04. The predicted molar refractivity (Wildman–Crippen MR) is 58.3 cm³/mol. The summed E-state index contributed by atoms with van der Waals surface area (Å²) in [4.78, 5) is 23.1. The van der Waals surface area contributed by atoms with E-state index in [9.17, 15) is 22.8 Å². The maximum absolute atomic E-state index is 12.0. The van der Waals surface area contributed by atoms with Crippen LogP contribution in [-0.2, 0) is 14.3 Å². The zero-order valence-corrected chi connectivity index (χ0v) is 10.9. The van der Waals surface area contributed by atoms with E-state index >= 15 is 0 Å². The van der Waals surface area contributed by atoms with Gasteiger partial charge in [-0.15, -0.1) is 0 Å². The predicted octanol–water partition coefficient (Wildman–Crippen LogP) is 2.01. The lowest BCUT2D eigenvalue weighted by Crippen LogP contribution is -2.48. The monoisotopic (exact) mass is 283 g/mol. The first-order valence-electron chi connectivity index (χ1n) is 5.73. The van der Waals surface area contributed by atoms with E-state index in [4.69, 9.17) is 0 Å². The van der Waals surface area contributed by atoms with Crippen molar-refractivity contribution in [3.8, 4) is 0 Å². The van der Waals surface area contributed by atoms with Crippen LogP contribution in [0.15, 0.2) is 0 Å². The number of carbonyl (C=O) groups excluding carboxylic acids is 2. The van der Waals surface area contributed by atoms with Crippen molar-refractivity contribution < 1.29 is 32.2 Å². The van der Waals surface area contributed by atoms with Gasteiger partial charge in [0.1, 0.15) is 5.54 Å². The van der Waals surface area contributed by atoms with Gasteiger partial charge in [-0.3, -0.25) is 0 Å². The fraction of sp³-hybridized carbons (Fsp3) is 0.818. The topological polar surface area (TPSA) is 64.6 Å². The SMILES string of the molecule is CCOC(=O)N[C@@]1(C(=O)OCC(F)(F)F)CC1(C)C. The molecule has 110 valence electrons. The molecule has 0 saturated heterocycles. The number of halogens is 3. The van der Waals surface area contributed by atoms with Crippen molar-refractivity contribution >= 4 is 12.1 Å². The van der Waals surface area contributed by atoms with E-state index in [1.54, 1.807) is 20.8 Å². The van der Waals surface area contributed by atoms with Crippen molar-refractivity contribution in [3.05, 3.63) is 0 Å². The van der Waals surface area contributed by atoms with Crippen LogP contribution in [0.5, 0.6) is 0 Å². The summed E-state index contributed by atoms with van der Waals surface area (Å²) in [7, 11) is 0. The molecule has 1 rings (SSSR count). The molecule has 0 aromatic carbocycles. The highest BCUT2D eigenvalue weighted by molar-refractivity contribution is 5.90. The van der Waals surface area contributed by atoms with E-state index in [2.05, 4.69) is 14.8 Å². The Morgan fingerprint density at radius 3 is 2.16 bits per heavy atom. The molecule has 1 aliphatic carbocycles. The lowest BCUT2D eigenvalue weighted by Gasteiger charge is -2.20. The van der Waals surface area contributed by atoms with Gasteiger partial charge in [0.25, 0.3) is 0 Å². The second kappa shape index (κ2) is 4.90. The standard InChI is InChI=1S/C11H16F3NO4/c1-4-18-8(17)15-10(5-9(10,2)3)7(16)19-6-11(12,13)14/h4-6H2,1-3H3,(H,15,17)/t10-/m1/s1. The second-order valence-corrected chi connectivity index (χ2v) is 5.00. The summed E-state index contributed by atoms with van der Waals surface area (Å²) in [6.45, 7) is 3.29.